The Morgan fingerprint density at radius 3 is 2.91 bits per heavy atom. The highest BCUT2D eigenvalue weighted by Crippen LogP contribution is 2.45. The molecule has 5 aliphatic rings. The number of hydrogen-bond acceptors (Lipinski definition) is 9. The van der Waals surface area contributed by atoms with Crippen molar-refractivity contribution in [2.45, 2.75) is 61.9 Å². The average molecular weight is 629 g/mol. The second-order valence-electron chi connectivity index (χ2n) is 13.2. The van der Waals surface area contributed by atoms with Gasteiger partial charge in [-0.15, -0.1) is 6.42 Å². The van der Waals surface area contributed by atoms with Crippen LogP contribution in [0.15, 0.2) is 24.3 Å². The lowest BCUT2D eigenvalue weighted by Crippen LogP contribution is -2.60. The standard InChI is InChI=1S/C34H31F3N6O3/c1-2-21-23(36)6-4-17-10-20(44)11-22(26(17)21)29-28(37)30-27-31(43-14-19-5-7-24(38-19)25(43)15-45-32(27)39-29)41-33(40-30)46-16-34-8-3-9-42(34)13-18(35)12-34/h1,4,6,10-11,18-19,24-25,38,44H,3,5,7-9,12-16H2/t18-,19+,24-,25-,34+/m0/s1. The number of pyridine rings is 1. The van der Waals surface area contributed by atoms with Crippen LogP contribution in [0, 0.1) is 24.0 Å². The van der Waals surface area contributed by atoms with Gasteiger partial charge in [-0.2, -0.15) is 9.97 Å². The first kappa shape index (κ1) is 27.9. The highest BCUT2D eigenvalue weighted by Gasteiger charge is 2.50. The number of anilines is 1. The molecule has 2 aromatic heterocycles. The Labute approximate surface area is 262 Å². The van der Waals surface area contributed by atoms with E-state index >= 15 is 4.39 Å². The van der Waals surface area contributed by atoms with Gasteiger partial charge in [0.2, 0.25) is 5.88 Å². The average Bonchev–Trinajstić information content (AvgIpc) is 3.68. The van der Waals surface area contributed by atoms with E-state index in [4.69, 9.17) is 20.9 Å². The molecule has 4 aromatic rings. The molecule has 2 bridgehead atoms. The number of phenolic OH excluding ortho intramolecular Hbond substituents is 1. The zero-order chi connectivity index (χ0) is 31.3. The van der Waals surface area contributed by atoms with Crippen LogP contribution in [-0.4, -0.2) is 87.6 Å². The maximum atomic E-state index is 17.0. The number of piperazine rings is 1. The number of nitrogens with zero attached hydrogens (tertiary/aromatic N) is 5. The van der Waals surface area contributed by atoms with Crippen LogP contribution in [0.1, 0.15) is 37.7 Å². The minimum atomic E-state index is -0.927. The van der Waals surface area contributed by atoms with Crippen molar-refractivity contribution in [1.82, 2.24) is 25.2 Å². The quantitative estimate of drug-likeness (QED) is 0.318. The largest absolute Gasteiger partial charge is 0.508 e. The Balaban J connectivity index is 1.25. The van der Waals surface area contributed by atoms with Crippen molar-refractivity contribution in [3.63, 3.8) is 0 Å². The number of ether oxygens (including phenoxy) is 2. The number of halogens is 3. The topological polar surface area (TPSA) is 95.9 Å². The number of aromatic nitrogens is 3. The summed E-state index contributed by atoms with van der Waals surface area (Å²) in [4.78, 5) is 18.4. The van der Waals surface area contributed by atoms with Gasteiger partial charge < -0.3 is 24.8 Å². The fraction of sp³-hybridized carbons (Fsp3) is 0.441. The van der Waals surface area contributed by atoms with Crippen LogP contribution in [0.3, 0.4) is 0 Å². The summed E-state index contributed by atoms with van der Waals surface area (Å²) in [5, 5.41) is 15.3. The van der Waals surface area contributed by atoms with Gasteiger partial charge in [0.05, 0.1) is 17.1 Å². The normalized spacial score (nSPS) is 28.2. The fourth-order valence-electron chi connectivity index (χ4n) is 8.56. The van der Waals surface area contributed by atoms with E-state index in [1.165, 1.54) is 24.3 Å². The van der Waals surface area contributed by atoms with E-state index in [0.717, 1.165) is 32.2 Å². The molecule has 0 aliphatic carbocycles. The van der Waals surface area contributed by atoms with Crippen molar-refractivity contribution in [2.24, 2.45) is 0 Å². The lowest BCUT2D eigenvalue weighted by Gasteiger charge is -2.40. The summed E-state index contributed by atoms with van der Waals surface area (Å²) in [6.07, 6.45) is 8.89. The van der Waals surface area contributed by atoms with E-state index in [-0.39, 0.29) is 76.7 Å². The molecule has 7 heterocycles. The van der Waals surface area contributed by atoms with Crippen LogP contribution in [-0.2, 0) is 0 Å². The molecule has 2 N–H and O–H groups in total. The molecule has 0 spiro atoms. The maximum Gasteiger partial charge on any atom is 0.319 e. The summed E-state index contributed by atoms with van der Waals surface area (Å²) < 4.78 is 59.1. The van der Waals surface area contributed by atoms with Gasteiger partial charge in [0.25, 0.3) is 0 Å². The lowest BCUT2D eigenvalue weighted by molar-refractivity contribution is 0.107. The van der Waals surface area contributed by atoms with E-state index in [1.807, 2.05) is 0 Å². The third-order valence-corrected chi connectivity index (χ3v) is 10.6. The first-order valence-electron chi connectivity index (χ1n) is 15.8. The molecule has 236 valence electrons. The van der Waals surface area contributed by atoms with E-state index in [1.54, 1.807) is 0 Å². The van der Waals surface area contributed by atoms with E-state index in [2.05, 4.69) is 31.0 Å². The van der Waals surface area contributed by atoms with Crippen LogP contribution in [0.4, 0.5) is 19.0 Å². The molecule has 0 saturated carbocycles. The van der Waals surface area contributed by atoms with Gasteiger partial charge in [-0.25, -0.2) is 18.2 Å². The summed E-state index contributed by atoms with van der Waals surface area (Å²) >= 11 is 0. The molecule has 4 saturated heterocycles. The molecule has 12 heteroatoms. The smallest absolute Gasteiger partial charge is 0.319 e. The summed E-state index contributed by atoms with van der Waals surface area (Å²) in [6.45, 7) is 2.27. The number of phenols is 1. The van der Waals surface area contributed by atoms with Gasteiger partial charge in [0, 0.05) is 42.5 Å². The molecule has 0 radical (unpaired) electrons. The number of aromatic hydroxyl groups is 1. The number of terminal acetylenes is 1. The molecule has 9 nitrogen and oxygen atoms in total. The maximum absolute atomic E-state index is 17.0. The third-order valence-electron chi connectivity index (χ3n) is 10.6. The second kappa shape index (κ2) is 10.1. The van der Waals surface area contributed by atoms with Crippen LogP contribution in [0.2, 0.25) is 0 Å². The first-order valence-corrected chi connectivity index (χ1v) is 15.8. The highest BCUT2D eigenvalue weighted by molar-refractivity contribution is 6.04. The van der Waals surface area contributed by atoms with Gasteiger partial charge >= 0.3 is 6.01 Å². The number of rotatable bonds is 4. The molecule has 2 aromatic carbocycles. The van der Waals surface area contributed by atoms with Crippen molar-refractivity contribution in [3.05, 3.63) is 41.5 Å². The first-order chi connectivity index (χ1) is 22.3. The molecule has 9 rings (SSSR count). The number of hydrogen-bond donors (Lipinski definition) is 2. The van der Waals surface area contributed by atoms with Gasteiger partial charge in [-0.05, 0) is 55.8 Å². The van der Waals surface area contributed by atoms with Gasteiger partial charge in [0.15, 0.2) is 5.82 Å². The van der Waals surface area contributed by atoms with Crippen molar-refractivity contribution in [2.75, 3.05) is 37.7 Å². The Bertz CT molecular complexity index is 1990. The zero-order valence-electron chi connectivity index (χ0n) is 24.9. The van der Waals surface area contributed by atoms with E-state index in [0.29, 0.717) is 36.1 Å². The van der Waals surface area contributed by atoms with Crippen molar-refractivity contribution < 1.29 is 27.8 Å². The molecule has 4 fully saturated rings. The van der Waals surface area contributed by atoms with Crippen molar-refractivity contribution in [1.29, 1.82) is 0 Å². The number of benzene rings is 2. The van der Waals surface area contributed by atoms with E-state index < -0.39 is 23.3 Å². The Hall–Kier alpha value is -4.34. The molecule has 0 amide bonds. The lowest BCUT2D eigenvalue weighted by atomic mass is 9.95. The Morgan fingerprint density at radius 2 is 2.04 bits per heavy atom. The van der Waals surface area contributed by atoms with Crippen molar-refractivity contribution >= 4 is 27.5 Å². The molecule has 0 unspecified atom stereocenters. The third kappa shape index (κ3) is 4.07. The Kier molecular flexibility index (Phi) is 6.12. The van der Waals surface area contributed by atoms with Crippen LogP contribution < -0.4 is 19.7 Å². The molecular weight excluding hydrogens is 597 g/mol. The molecular formula is C34H31F3N6O3. The zero-order valence-corrected chi connectivity index (χ0v) is 24.9. The minimum Gasteiger partial charge on any atom is -0.508 e. The summed E-state index contributed by atoms with van der Waals surface area (Å²) in [7, 11) is 0. The van der Waals surface area contributed by atoms with Crippen LogP contribution in [0.5, 0.6) is 17.6 Å². The fourth-order valence-corrected chi connectivity index (χ4v) is 8.56. The van der Waals surface area contributed by atoms with Crippen LogP contribution in [0.25, 0.3) is 32.9 Å². The van der Waals surface area contributed by atoms with Gasteiger partial charge in [-0.1, -0.05) is 12.0 Å². The number of fused-ring (bicyclic) bond motifs is 7. The number of alkyl halides is 1. The van der Waals surface area contributed by atoms with Crippen LogP contribution >= 0.6 is 0 Å². The summed E-state index contributed by atoms with van der Waals surface area (Å²) in [5.74, 6) is 1.35. The minimum absolute atomic E-state index is 0.0179. The summed E-state index contributed by atoms with van der Waals surface area (Å²) in [6, 6.07) is 5.72. The van der Waals surface area contributed by atoms with E-state index in [9.17, 15) is 13.9 Å². The molecule has 5 atom stereocenters. The van der Waals surface area contributed by atoms with Gasteiger partial charge in [0.1, 0.15) is 53.4 Å². The highest BCUT2D eigenvalue weighted by atomic mass is 19.1. The van der Waals surface area contributed by atoms with Crippen molar-refractivity contribution in [3.8, 4) is 41.2 Å². The predicted molar refractivity (Wildman–Crippen MR) is 165 cm³/mol. The molecule has 46 heavy (non-hydrogen) atoms. The summed E-state index contributed by atoms with van der Waals surface area (Å²) in [5.41, 5.74) is -0.688. The second-order valence-corrected chi connectivity index (χ2v) is 13.2. The van der Waals surface area contributed by atoms with Gasteiger partial charge in [-0.3, -0.25) is 4.90 Å². The predicted octanol–water partition coefficient (Wildman–Crippen LogP) is 4.47. The number of nitrogens with one attached hydrogen (secondary N) is 1. The molecule has 5 aliphatic heterocycles. The Morgan fingerprint density at radius 1 is 1.15 bits per heavy atom. The monoisotopic (exact) mass is 628 g/mol. The SMILES string of the molecule is C#Cc1c(F)ccc2cc(O)cc(-c3nc4c5c(nc(OC[C@]67CCCN6C[C@@H](F)C7)nc5c3F)N3C[C@H]5CC[C@H](N5)[C@@H]3CO4)c12.